The van der Waals surface area contributed by atoms with Crippen molar-refractivity contribution in [3.05, 3.63) is 21.4 Å². The zero-order chi connectivity index (χ0) is 10.9. The van der Waals surface area contributed by atoms with Gasteiger partial charge in [0.2, 0.25) is 0 Å². The molecule has 2 rings (SSSR count). The van der Waals surface area contributed by atoms with Gasteiger partial charge in [0, 0.05) is 9.75 Å². The van der Waals surface area contributed by atoms with Crippen molar-refractivity contribution in [3.63, 3.8) is 0 Å². The van der Waals surface area contributed by atoms with Crippen molar-refractivity contribution in [2.24, 2.45) is 0 Å². The molecule has 1 heteroatoms. The minimum absolute atomic E-state index is 0.339. The van der Waals surface area contributed by atoms with Crippen molar-refractivity contribution in [1.82, 2.24) is 0 Å². The van der Waals surface area contributed by atoms with Crippen LogP contribution in [0.4, 0.5) is 0 Å². The predicted molar refractivity (Wildman–Crippen MR) is 68.9 cm³/mol. The third-order valence-electron chi connectivity index (χ3n) is 3.24. The Bertz CT molecular complexity index is 302. The molecule has 0 bridgehead atoms. The first-order valence-electron chi connectivity index (χ1n) is 6.19. The van der Waals surface area contributed by atoms with E-state index in [0.29, 0.717) is 5.41 Å². The lowest BCUT2D eigenvalue weighted by Crippen LogP contribution is -2.07. The monoisotopic (exact) mass is 222 g/mol. The molecular weight excluding hydrogens is 200 g/mol. The minimum atomic E-state index is 0.339. The third kappa shape index (κ3) is 2.63. The molecule has 15 heavy (non-hydrogen) atoms. The topological polar surface area (TPSA) is 0 Å². The molecule has 1 aliphatic rings. The summed E-state index contributed by atoms with van der Waals surface area (Å²) in [4.78, 5) is 3.26. The van der Waals surface area contributed by atoms with Gasteiger partial charge in [0.15, 0.2) is 0 Å². The fraction of sp³-hybridized carbons (Fsp3) is 0.714. The van der Waals surface area contributed by atoms with Crippen LogP contribution in [0.15, 0.2) is 6.07 Å². The lowest BCUT2D eigenvalue weighted by molar-refractivity contribution is 0.601. The van der Waals surface area contributed by atoms with Crippen LogP contribution in [0.1, 0.15) is 61.8 Å². The Kier molecular flexibility index (Phi) is 3.20. The number of fused-ring (bicyclic) bond motifs is 1. The van der Waals surface area contributed by atoms with Crippen LogP contribution in [0, 0.1) is 0 Å². The summed E-state index contributed by atoms with van der Waals surface area (Å²) in [5.74, 6) is 0. The Balaban J connectivity index is 2.28. The normalized spacial score (nSPS) is 18.1. The van der Waals surface area contributed by atoms with Gasteiger partial charge in [-0.1, -0.05) is 33.6 Å². The van der Waals surface area contributed by atoms with E-state index in [-0.39, 0.29) is 0 Å². The van der Waals surface area contributed by atoms with E-state index in [1.165, 1.54) is 38.5 Å². The second-order valence-electron chi connectivity index (χ2n) is 5.72. The summed E-state index contributed by atoms with van der Waals surface area (Å²) in [7, 11) is 0. The van der Waals surface area contributed by atoms with Gasteiger partial charge < -0.3 is 0 Å². The second kappa shape index (κ2) is 4.29. The van der Waals surface area contributed by atoms with E-state index < -0.39 is 0 Å². The van der Waals surface area contributed by atoms with Crippen LogP contribution in [0.25, 0.3) is 0 Å². The highest BCUT2D eigenvalue weighted by Gasteiger charge is 2.19. The zero-order valence-corrected chi connectivity index (χ0v) is 11.0. The lowest BCUT2D eigenvalue weighted by Gasteiger charge is -2.15. The van der Waals surface area contributed by atoms with Crippen LogP contribution >= 0.6 is 11.3 Å². The van der Waals surface area contributed by atoms with Gasteiger partial charge >= 0.3 is 0 Å². The van der Waals surface area contributed by atoms with Crippen LogP contribution in [0.2, 0.25) is 0 Å². The van der Waals surface area contributed by atoms with Crippen molar-refractivity contribution < 1.29 is 0 Å². The second-order valence-corrected chi connectivity index (χ2v) is 6.86. The predicted octanol–water partition coefficient (Wildman–Crippen LogP) is 4.70. The molecule has 1 aromatic rings. The van der Waals surface area contributed by atoms with E-state index in [9.17, 15) is 0 Å². The summed E-state index contributed by atoms with van der Waals surface area (Å²) in [6.07, 6.45) is 8.31. The van der Waals surface area contributed by atoms with E-state index in [0.717, 1.165) is 0 Å². The maximum absolute atomic E-state index is 2.48. The number of thiophene rings is 1. The van der Waals surface area contributed by atoms with Crippen molar-refractivity contribution >= 4 is 11.3 Å². The molecule has 1 aromatic heterocycles. The van der Waals surface area contributed by atoms with E-state index in [1.54, 1.807) is 15.3 Å². The van der Waals surface area contributed by atoms with Crippen LogP contribution in [-0.4, -0.2) is 0 Å². The molecule has 0 saturated carbocycles. The molecule has 0 atom stereocenters. The highest BCUT2D eigenvalue weighted by molar-refractivity contribution is 7.12. The molecule has 0 aromatic carbocycles. The molecule has 0 radical (unpaired) electrons. The Labute approximate surface area is 97.7 Å². The Hall–Kier alpha value is -0.300. The summed E-state index contributed by atoms with van der Waals surface area (Å²) in [5, 5.41) is 0. The standard InChI is InChI=1S/C14H22S/c1-14(2,3)13-10-11-8-6-4-5-7-9-12(11)15-13/h10H,4-9H2,1-3H3. The molecule has 1 aliphatic carbocycles. The quantitative estimate of drug-likeness (QED) is 0.596. The average Bonchev–Trinajstić information content (AvgIpc) is 2.46. The summed E-state index contributed by atoms with van der Waals surface area (Å²) in [6.45, 7) is 6.98. The fourth-order valence-corrected chi connectivity index (χ4v) is 3.53. The molecule has 0 saturated heterocycles. The van der Waals surface area contributed by atoms with E-state index in [1.807, 2.05) is 0 Å². The smallest absolute Gasteiger partial charge is 0.0105 e. The van der Waals surface area contributed by atoms with E-state index in [4.69, 9.17) is 0 Å². The molecule has 0 unspecified atom stereocenters. The van der Waals surface area contributed by atoms with Gasteiger partial charge in [-0.3, -0.25) is 0 Å². The van der Waals surface area contributed by atoms with Crippen molar-refractivity contribution in [3.8, 4) is 0 Å². The Morgan fingerprint density at radius 1 is 1.00 bits per heavy atom. The van der Waals surface area contributed by atoms with Crippen molar-refractivity contribution in [2.75, 3.05) is 0 Å². The highest BCUT2D eigenvalue weighted by Crippen LogP contribution is 2.35. The first-order valence-corrected chi connectivity index (χ1v) is 7.01. The largest absolute Gasteiger partial charge is 0.145 e. The van der Waals surface area contributed by atoms with Gasteiger partial charge in [-0.05, 0) is 42.7 Å². The first kappa shape index (κ1) is 11.2. The molecular formula is C14H22S. The van der Waals surface area contributed by atoms with Gasteiger partial charge in [-0.25, -0.2) is 0 Å². The maximum atomic E-state index is 2.48. The number of hydrogen-bond donors (Lipinski definition) is 0. The average molecular weight is 222 g/mol. The van der Waals surface area contributed by atoms with Gasteiger partial charge in [-0.2, -0.15) is 0 Å². The van der Waals surface area contributed by atoms with Gasteiger partial charge in [0.05, 0.1) is 0 Å². The van der Waals surface area contributed by atoms with E-state index >= 15 is 0 Å². The Morgan fingerprint density at radius 2 is 1.67 bits per heavy atom. The summed E-state index contributed by atoms with van der Waals surface area (Å²) >= 11 is 2.06. The van der Waals surface area contributed by atoms with Crippen molar-refractivity contribution in [2.45, 2.75) is 64.7 Å². The van der Waals surface area contributed by atoms with Gasteiger partial charge in [-0.15, -0.1) is 11.3 Å². The fourth-order valence-electron chi connectivity index (χ4n) is 2.21. The number of aryl methyl sites for hydroxylation is 2. The number of rotatable bonds is 0. The SMILES string of the molecule is CC(C)(C)c1cc2c(s1)CCCCCC2. The van der Waals surface area contributed by atoms with Crippen molar-refractivity contribution in [1.29, 1.82) is 0 Å². The maximum Gasteiger partial charge on any atom is 0.0105 e. The molecule has 0 nitrogen and oxygen atoms in total. The van der Waals surface area contributed by atoms with Crippen LogP contribution < -0.4 is 0 Å². The molecule has 0 spiro atoms. The van der Waals surface area contributed by atoms with Crippen LogP contribution in [0.5, 0.6) is 0 Å². The van der Waals surface area contributed by atoms with Gasteiger partial charge in [0.1, 0.15) is 0 Å². The highest BCUT2D eigenvalue weighted by atomic mass is 32.1. The molecule has 0 fully saturated rings. The molecule has 0 N–H and O–H groups in total. The summed E-state index contributed by atoms with van der Waals surface area (Å²) in [5.41, 5.74) is 2.00. The Morgan fingerprint density at radius 3 is 2.33 bits per heavy atom. The van der Waals surface area contributed by atoms with E-state index in [2.05, 4.69) is 38.2 Å². The third-order valence-corrected chi connectivity index (χ3v) is 4.90. The summed E-state index contributed by atoms with van der Waals surface area (Å²) < 4.78 is 0. The molecule has 0 aliphatic heterocycles. The minimum Gasteiger partial charge on any atom is -0.145 e. The molecule has 1 heterocycles. The van der Waals surface area contributed by atoms with Crippen LogP contribution in [-0.2, 0) is 18.3 Å². The molecule has 84 valence electrons. The van der Waals surface area contributed by atoms with Gasteiger partial charge in [0.25, 0.3) is 0 Å². The van der Waals surface area contributed by atoms with Crippen LogP contribution in [0.3, 0.4) is 0 Å². The number of hydrogen-bond acceptors (Lipinski definition) is 1. The lowest BCUT2D eigenvalue weighted by atomic mass is 9.92. The molecule has 0 amide bonds. The first-order chi connectivity index (χ1) is 7.07. The summed E-state index contributed by atoms with van der Waals surface area (Å²) in [6, 6.07) is 2.48. The zero-order valence-electron chi connectivity index (χ0n) is 10.2.